The van der Waals surface area contributed by atoms with Crippen LogP contribution in [0.3, 0.4) is 0 Å². The summed E-state index contributed by atoms with van der Waals surface area (Å²) in [6.07, 6.45) is 3.54. The molecule has 0 aliphatic carbocycles. The van der Waals surface area contributed by atoms with Gasteiger partial charge in [0, 0.05) is 43.4 Å². The van der Waals surface area contributed by atoms with E-state index in [0.717, 1.165) is 5.56 Å². The average Bonchev–Trinajstić information content (AvgIpc) is 2.62. The van der Waals surface area contributed by atoms with Crippen molar-refractivity contribution < 1.29 is 14.3 Å². The number of amides is 2. The van der Waals surface area contributed by atoms with Gasteiger partial charge in [-0.2, -0.15) is 0 Å². The van der Waals surface area contributed by atoms with Gasteiger partial charge in [0.1, 0.15) is 0 Å². The summed E-state index contributed by atoms with van der Waals surface area (Å²) in [7, 11) is 1.61. The number of hydrogen-bond acceptors (Lipinski definition) is 4. The lowest BCUT2D eigenvalue weighted by atomic mass is 10.1. The number of ether oxygens (including phenoxy) is 1. The Bertz CT molecular complexity index is 765. The molecular weight excluding hydrogens is 342 g/mol. The predicted molar refractivity (Wildman–Crippen MR) is 97.2 cm³/mol. The molecule has 0 aliphatic rings. The molecule has 2 N–H and O–H groups in total. The molecule has 1 aromatic carbocycles. The number of carbonyl (C=O) groups excluding carboxylic acids is 2. The number of anilines is 1. The summed E-state index contributed by atoms with van der Waals surface area (Å²) in [6.45, 7) is 2.94. The van der Waals surface area contributed by atoms with E-state index < -0.39 is 0 Å². The van der Waals surface area contributed by atoms with Crippen molar-refractivity contribution in [3.63, 3.8) is 0 Å². The second-order valence-electron chi connectivity index (χ2n) is 5.48. The molecule has 0 aliphatic heterocycles. The minimum absolute atomic E-state index is 0.281. The van der Waals surface area contributed by atoms with E-state index >= 15 is 0 Å². The Balaban J connectivity index is 2.03. The molecule has 0 saturated heterocycles. The van der Waals surface area contributed by atoms with Gasteiger partial charge >= 0.3 is 0 Å². The van der Waals surface area contributed by atoms with Crippen LogP contribution < -0.4 is 10.6 Å². The van der Waals surface area contributed by atoms with Gasteiger partial charge in [0.05, 0.1) is 11.1 Å². The average molecular weight is 362 g/mol. The topological polar surface area (TPSA) is 80.3 Å². The maximum Gasteiger partial charge on any atom is 0.257 e. The van der Waals surface area contributed by atoms with Crippen molar-refractivity contribution in [2.75, 3.05) is 25.6 Å². The molecule has 6 nitrogen and oxygen atoms in total. The number of halogens is 1. The maximum atomic E-state index is 12.3. The molecule has 0 unspecified atom stereocenters. The lowest BCUT2D eigenvalue weighted by molar-refractivity contribution is 0.0948. The van der Waals surface area contributed by atoms with E-state index in [4.69, 9.17) is 16.3 Å². The predicted octanol–water partition coefficient (Wildman–Crippen LogP) is 3.06. The number of hydrogen-bond donors (Lipinski definition) is 2. The monoisotopic (exact) mass is 361 g/mol. The van der Waals surface area contributed by atoms with Gasteiger partial charge in [-0.3, -0.25) is 14.6 Å². The first-order valence-corrected chi connectivity index (χ1v) is 8.18. The molecule has 0 bridgehead atoms. The van der Waals surface area contributed by atoms with Gasteiger partial charge in [0.15, 0.2) is 0 Å². The summed E-state index contributed by atoms with van der Waals surface area (Å²) < 4.78 is 4.93. The van der Waals surface area contributed by atoms with E-state index in [9.17, 15) is 9.59 Å². The molecular formula is C18H20ClN3O3. The number of benzene rings is 1. The van der Waals surface area contributed by atoms with E-state index in [0.29, 0.717) is 41.4 Å². The Kier molecular flexibility index (Phi) is 6.91. The number of carbonyl (C=O) groups is 2. The first-order valence-electron chi connectivity index (χ1n) is 7.81. The minimum Gasteiger partial charge on any atom is -0.385 e. The summed E-state index contributed by atoms with van der Waals surface area (Å²) in [5.74, 6) is -0.641. The van der Waals surface area contributed by atoms with E-state index in [-0.39, 0.29) is 11.8 Å². The maximum absolute atomic E-state index is 12.3. The molecule has 25 heavy (non-hydrogen) atoms. The number of aryl methyl sites for hydroxylation is 1. The second-order valence-corrected chi connectivity index (χ2v) is 5.89. The van der Waals surface area contributed by atoms with Gasteiger partial charge in [0.2, 0.25) is 0 Å². The van der Waals surface area contributed by atoms with Crippen LogP contribution in [-0.2, 0) is 4.74 Å². The van der Waals surface area contributed by atoms with Crippen molar-refractivity contribution in [2.45, 2.75) is 13.3 Å². The highest BCUT2D eigenvalue weighted by atomic mass is 35.5. The molecule has 2 amide bonds. The van der Waals surface area contributed by atoms with Crippen molar-refractivity contribution in [2.24, 2.45) is 0 Å². The lowest BCUT2D eigenvalue weighted by Crippen LogP contribution is -2.25. The molecule has 0 atom stereocenters. The molecule has 0 radical (unpaired) electrons. The summed E-state index contributed by atoms with van der Waals surface area (Å²) in [5, 5.41) is 6.07. The second kappa shape index (κ2) is 9.15. The van der Waals surface area contributed by atoms with Crippen LogP contribution in [0.15, 0.2) is 36.7 Å². The summed E-state index contributed by atoms with van der Waals surface area (Å²) in [5.41, 5.74) is 2.12. The Hall–Kier alpha value is -2.44. The molecule has 0 spiro atoms. The minimum atomic E-state index is -0.360. The van der Waals surface area contributed by atoms with E-state index in [1.807, 2.05) is 13.0 Å². The molecule has 1 heterocycles. The first kappa shape index (κ1) is 18.9. The molecule has 0 saturated carbocycles. The smallest absolute Gasteiger partial charge is 0.257 e. The Morgan fingerprint density at radius 2 is 1.88 bits per heavy atom. The number of aromatic nitrogens is 1. The van der Waals surface area contributed by atoms with Crippen LogP contribution in [0.4, 0.5) is 5.69 Å². The molecule has 2 rings (SSSR count). The Morgan fingerprint density at radius 3 is 2.56 bits per heavy atom. The summed E-state index contributed by atoms with van der Waals surface area (Å²) in [6, 6.07) is 6.76. The van der Waals surface area contributed by atoms with Gasteiger partial charge in [-0.1, -0.05) is 17.7 Å². The van der Waals surface area contributed by atoms with E-state index in [2.05, 4.69) is 15.6 Å². The van der Waals surface area contributed by atoms with E-state index in [1.165, 1.54) is 18.5 Å². The quantitative estimate of drug-likeness (QED) is 0.743. The zero-order valence-electron chi connectivity index (χ0n) is 14.1. The molecule has 0 fully saturated rings. The highest BCUT2D eigenvalue weighted by molar-refractivity contribution is 6.31. The molecule has 1 aromatic heterocycles. The van der Waals surface area contributed by atoms with Crippen molar-refractivity contribution >= 4 is 29.1 Å². The molecule has 132 valence electrons. The van der Waals surface area contributed by atoms with Crippen LogP contribution in [0.5, 0.6) is 0 Å². The third kappa shape index (κ3) is 5.55. The summed E-state index contributed by atoms with van der Waals surface area (Å²) >= 11 is 6.06. The van der Waals surface area contributed by atoms with Crippen LogP contribution in [0.2, 0.25) is 5.02 Å². The number of nitrogens with one attached hydrogen (secondary N) is 2. The van der Waals surface area contributed by atoms with Crippen molar-refractivity contribution in [3.05, 3.63) is 58.4 Å². The molecule has 2 aromatic rings. The zero-order chi connectivity index (χ0) is 18.2. The van der Waals surface area contributed by atoms with Crippen molar-refractivity contribution in [1.82, 2.24) is 10.3 Å². The largest absolute Gasteiger partial charge is 0.385 e. The number of nitrogens with zero attached hydrogens (tertiary/aromatic N) is 1. The van der Waals surface area contributed by atoms with Crippen LogP contribution in [0, 0.1) is 6.92 Å². The first-order chi connectivity index (χ1) is 12.0. The van der Waals surface area contributed by atoms with Crippen LogP contribution in [-0.4, -0.2) is 37.1 Å². The van der Waals surface area contributed by atoms with E-state index in [1.54, 1.807) is 19.2 Å². The zero-order valence-corrected chi connectivity index (χ0v) is 14.9. The Labute approximate surface area is 151 Å². The third-order valence-corrected chi connectivity index (χ3v) is 3.91. The fourth-order valence-electron chi connectivity index (χ4n) is 2.08. The number of methoxy groups -OCH3 is 1. The van der Waals surface area contributed by atoms with Crippen LogP contribution in [0.1, 0.15) is 32.7 Å². The van der Waals surface area contributed by atoms with Gasteiger partial charge < -0.3 is 15.4 Å². The van der Waals surface area contributed by atoms with Gasteiger partial charge in [-0.15, -0.1) is 0 Å². The fraction of sp³-hybridized carbons (Fsp3) is 0.278. The number of rotatable bonds is 7. The highest BCUT2D eigenvalue weighted by Gasteiger charge is 2.12. The van der Waals surface area contributed by atoms with Gasteiger partial charge in [0.25, 0.3) is 11.8 Å². The highest BCUT2D eigenvalue weighted by Crippen LogP contribution is 2.20. The fourth-order valence-corrected chi connectivity index (χ4v) is 2.26. The van der Waals surface area contributed by atoms with Crippen molar-refractivity contribution in [3.8, 4) is 0 Å². The van der Waals surface area contributed by atoms with Crippen LogP contribution >= 0.6 is 11.6 Å². The van der Waals surface area contributed by atoms with Crippen molar-refractivity contribution in [1.29, 1.82) is 0 Å². The summed E-state index contributed by atoms with van der Waals surface area (Å²) in [4.78, 5) is 28.4. The number of pyridine rings is 1. The lowest BCUT2D eigenvalue weighted by Gasteiger charge is -2.08. The van der Waals surface area contributed by atoms with Crippen LogP contribution in [0.25, 0.3) is 0 Å². The van der Waals surface area contributed by atoms with Gasteiger partial charge in [-0.05, 0) is 37.1 Å². The Morgan fingerprint density at radius 1 is 1.16 bits per heavy atom. The SMILES string of the molecule is COCCCNC(=O)c1cncc(C(=O)Nc2ccc(C)c(Cl)c2)c1. The molecule has 7 heteroatoms. The standard InChI is InChI=1S/C18H20ClN3O3/c1-12-4-5-15(9-16(12)19)22-18(24)14-8-13(10-20-11-14)17(23)21-6-3-7-25-2/h4-5,8-11H,3,6-7H2,1-2H3,(H,21,23)(H,22,24). The van der Waals surface area contributed by atoms with Gasteiger partial charge in [-0.25, -0.2) is 0 Å². The normalized spacial score (nSPS) is 10.4. The third-order valence-electron chi connectivity index (χ3n) is 3.50.